The summed E-state index contributed by atoms with van der Waals surface area (Å²) in [4.78, 5) is 31.9. The molecule has 0 spiro atoms. The van der Waals surface area contributed by atoms with Gasteiger partial charge in [-0.3, -0.25) is 9.59 Å². The highest BCUT2D eigenvalue weighted by Crippen LogP contribution is 2.15. The minimum Gasteiger partial charge on any atom is -0.378 e. The Morgan fingerprint density at radius 3 is 2.89 bits per heavy atom. The van der Waals surface area contributed by atoms with Gasteiger partial charge in [-0.25, -0.2) is 4.98 Å². The van der Waals surface area contributed by atoms with E-state index in [4.69, 9.17) is 4.74 Å². The number of ether oxygens (including phenoxy) is 1. The number of pyridine rings is 1. The zero-order valence-electron chi connectivity index (χ0n) is 10.3. The first-order valence-corrected chi connectivity index (χ1v) is 6.10. The monoisotopic (exact) mass is 259 g/mol. The number of carbonyl (C=O) groups is 2. The second kappa shape index (κ2) is 4.81. The molecule has 0 aliphatic carbocycles. The number of hydrogen-bond donors (Lipinski definition) is 1. The predicted octanol–water partition coefficient (Wildman–Crippen LogP) is 0.848. The van der Waals surface area contributed by atoms with Crippen molar-refractivity contribution < 1.29 is 14.3 Å². The highest BCUT2D eigenvalue weighted by Gasteiger charge is 2.20. The Hall–Kier alpha value is -2.21. The Labute approximate surface area is 109 Å². The van der Waals surface area contributed by atoms with Crippen molar-refractivity contribution in [3.8, 4) is 0 Å². The molecule has 98 valence electrons. The molecule has 1 saturated heterocycles. The highest BCUT2D eigenvalue weighted by molar-refractivity contribution is 5.97. The first-order valence-electron chi connectivity index (χ1n) is 6.10. The van der Waals surface area contributed by atoms with Crippen LogP contribution in [0.2, 0.25) is 0 Å². The first-order chi connectivity index (χ1) is 9.28. The van der Waals surface area contributed by atoms with Crippen LogP contribution in [0.5, 0.6) is 0 Å². The van der Waals surface area contributed by atoms with Crippen molar-refractivity contribution in [1.29, 1.82) is 0 Å². The minimum atomic E-state index is -0.0612. The van der Waals surface area contributed by atoms with Crippen molar-refractivity contribution in [1.82, 2.24) is 14.9 Å². The van der Waals surface area contributed by atoms with Crippen LogP contribution in [0.25, 0.3) is 11.0 Å². The zero-order valence-corrected chi connectivity index (χ0v) is 10.3. The van der Waals surface area contributed by atoms with E-state index in [1.807, 2.05) is 0 Å². The lowest BCUT2D eigenvalue weighted by atomic mass is 10.3. The van der Waals surface area contributed by atoms with Gasteiger partial charge in [0.1, 0.15) is 11.4 Å². The number of aldehydes is 1. The molecular formula is C13H13N3O3. The Bertz CT molecular complexity index is 629. The number of H-pyrrole nitrogens is 1. The van der Waals surface area contributed by atoms with Gasteiger partial charge >= 0.3 is 0 Å². The van der Waals surface area contributed by atoms with Gasteiger partial charge in [0.2, 0.25) is 0 Å². The van der Waals surface area contributed by atoms with Gasteiger partial charge in [0.15, 0.2) is 6.29 Å². The van der Waals surface area contributed by atoms with Crippen LogP contribution in [0.3, 0.4) is 0 Å². The van der Waals surface area contributed by atoms with Gasteiger partial charge in [-0.15, -0.1) is 0 Å². The molecule has 0 saturated carbocycles. The van der Waals surface area contributed by atoms with E-state index in [1.165, 1.54) is 0 Å². The van der Waals surface area contributed by atoms with E-state index in [0.29, 0.717) is 49.5 Å². The summed E-state index contributed by atoms with van der Waals surface area (Å²) in [6.07, 6.45) is 0.690. The summed E-state index contributed by atoms with van der Waals surface area (Å²) >= 11 is 0. The van der Waals surface area contributed by atoms with Crippen molar-refractivity contribution in [3.05, 3.63) is 29.6 Å². The fourth-order valence-corrected chi connectivity index (χ4v) is 2.14. The van der Waals surface area contributed by atoms with E-state index in [-0.39, 0.29) is 5.91 Å². The molecule has 1 aliphatic rings. The molecule has 6 nitrogen and oxygen atoms in total. The maximum atomic E-state index is 12.3. The average molecular weight is 259 g/mol. The molecule has 1 N–H and O–H groups in total. The summed E-state index contributed by atoms with van der Waals surface area (Å²) in [6.45, 7) is 2.33. The van der Waals surface area contributed by atoms with Crippen molar-refractivity contribution in [2.45, 2.75) is 0 Å². The second-order valence-corrected chi connectivity index (χ2v) is 4.37. The predicted molar refractivity (Wildman–Crippen MR) is 68.2 cm³/mol. The molecule has 3 heterocycles. The third-order valence-electron chi connectivity index (χ3n) is 3.15. The van der Waals surface area contributed by atoms with E-state index >= 15 is 0 Å². The lowest BCUT2D eigenvalue weighted by Crippen LogP contribution is -2.40. The fourth-order valence-electron chi connectivity index (χ4n) is 2.14. The van der Waals surface area contributed by atoms with Crippen molar-refractivity contribution >= 4 is 23.2 Å². The Morgan fingerprint density at radius 1 is 1.37 bits per heavy atom. The molecule has 0 radical (unpaired) electrons. The van der Waals surface area contributed by atoms with Crippen LogP contribution in [-0.4, -0.2) is 53.4 Å². The molecule has 2 aromatic rings. The van der Waals surface area contributed by atoms with E-state index in [0.717, 1.165) is 5.52 Å². The molecule has 6 heteroatoms. The average Bonchev–Trinajstić information content (AvgIpc) is 2.90. The number of hydrogen-bond acceptors (Lipinski definition) is 4. The summed E-state index contributed by atoms with van der Waals surface area (Å²) in [5.41, 5.74) is 2.23. The molecule has 2 aromatic heterocycles. The standard InChI is InChI=1S/C13H13N3O3/c17-8-9-1-2-10-11(14-9)7-12(15-10)13(18)16-3-5-19-6-4-16/h1-2,7-8,15H,3-6H2. The van der Waals surface area contributed by atoms with E-state index < -0.39 is 0 Å². The van der Waals surface area contributed by atoms with Crippen LogP contribution < -0.4 is 0 Å². The first kappa shape index (κ1) is 11.9. The number of amides is 1. The number of aromatic nitrogens is 2. The maximum absolute atomic E-state index is 12.3. The SMILES string of the molecule is O=Cc1ccc2[nH]c(C(=O)N3CCOCC3)cc2n1. The number of nitrogens with one attached hydrogen (secondary N) is 1. The van der Waals surface area contributed by atoms with Crippen molar-refractivity contribution in [2.24, 2.45) is 0 Å². The molecule has 1 aliphatic heterocycles. The smallest absolute Gasteiger partial charge is 0.270 e. The Kier molecular flexibility index (Phi) is 3.00. The van der Waals surface area contributed by atoms with Gasteiger partial charge in [0.05, 0.1) is 24.2 Å². The molecule has 0 atom stereocenters. The van der Waals surface area contributed by atoms with Crippen LogP contribution in [0.4, 0.5) is 0 Å². The summed E-state index contributed by atoms with van der Waals surface area (Å²) in [5.74, 6) is -0.0612. The second-order valence-electron chi connectivity index (χ2n) is 4.37. The third-order valence-corrected chi connectivity index (χ3v) is 3.15. The summed E-state index contributed by atoms with van der Waals surface area (Å²) < 4.78 is 5.22. The van der Waals surface area contributed by atoms with Gasteiger partial charge in [0.25, 0.3) is 5.91 Å². The molecule has 3 rings (SSSR count). The highest BCUT2D eigenvalue weighted by atomic mass is 16.5. The number of morpholine rings is 1. The molecule has 0 bridgehead atoms. The van der Waals surface area contributed by atoms with Crippen LogP contribution in [-0.2, 0) is 4.74 Å². The summed E-state index contributed by atoms with van der Waals surface area (Å²) in [7, 11) is 0. The van der Waals surface area contributed by atoms with Gasteiger partial charge in [-0.2, -0.15) is 0 Å². The zero-order chi connectivity index (χ0) is 13.2. The molecule has 0 unspecified atom stereocenters. The lowest BCUT2D eigenvalue weighted by molar-refractivity contribution is 0.0299. The summed E-state index contributed by atoms with van der Waals surface area (Å²) in [5, 5.41) is 0. The number of carbonyl (C=O) groups excluding carboxylic acids is 2. The third kappa shape index (κ3) is 2.22. The van der Waals surface area contributed by atoms with Gasteiger partial charge in [-0.1, -0.05) is 0 Å². The van der Waals surface area contributed by atoms with Crippen LogP contribution in [0, 0.1) is 0 Å². The molecule has 1 fully saturated rings. The largest absolute Gasteiger partial charge is 0.378 e. The Morgan fingerprint density at radius 2 is 2.16 bits per heavy atom. The fraction of sp³-hybridized carbons (Fsp3) is 0.308. The maximum Gasteiger partial charge on any atom is 0.270 e. The topological polar surface area (TPSA) is 75.3 Å². The van der Waals surface area contributed by atoms with E-state index in [2.05, 4.69) is 9.97 Å². The van der Waals surface area contributed by atoms with E-state index in [1.54, 1.807) is 23.1 Å². The summed E-state index contributed by atoms with van der Waals surface area (Å²) in [6, 6.07) is 5.05. The number of nitrogens with zero attached hydrogens (tertiary/aromatic N) is 2. The quantitative estimate of drug-likeness (QED) is 0.811. The normalized spacial score (nSPS) is 15.7. The molecule has 0 aromatic carbocycles. The molecule has 1 amide bonds. The molecular weight excluding hydrogens is 246 g/mol. The van der Waals surface area contributed by atoms with Crippen LogP contribution >= 0.6 is 0 Å². The minimum absolute atomic E-state index is 0.0612. The van der Waals surface area contributed by atoms with Gasteiger partial charge in [0, 0.05) is 13.1 Å². The van der Waals surface area contributed by atoms with Gasteiger partial charge < -0.3 is 14.6 Å². The van der Waals surface area contributed by atoms with Crippen molar-refractivity contribution in [3.63, 3.8) is 0 Å². The molecule has 19 heavy (non-hydrogen) atoms. The number of fused-ring (bicyclic) bond motifs is 1. The van der Waals surface area contributed by atoms with Gasteiger partial charge in [-0.05, 0) is 18.2 Å². The number of aromatic amines is 1. The van der Waals surface area contributed by atoms with Crippen molar-refractivity contribution in [2.75, 3.05) is 26.3 Å². The lowest BCUT2D eigenvalue weighted by Gasteiger charge is -2.26. The van der Waals surface area contributed by atoms with Crippen LogP contribution in [0.15, 0.2) is 18.2 Å². The number of rotatable bonds is 2. The van der Waals surface area contributed by atoms with E-state index in [9.17, 15) is 9.59 Å². The van der Waals surface area contributed by atoms with Crippen LogP contribution in [0.1, 0.15) is 21.0 Å². The Balaban J connectivity index is 1.91.